The standard InChI is InChI=1S/C13H16N2O/c1-8-5-4-6-11(9(8)2)10(3)12-7-14-13(16)15-12/h4-7,10H,1-3H3,(H2,14,15,16)/t10-/m0/s1/i3D3. The Labute approximate surface area is 98.8 Å². The molecule has 2 N–H and O–H groups in total. The van der Waals surface area contributed by atoms with E-state index >= 15 is 0 Å². The number of aryl methyl sites for hydroxylation is 1. The van der Waals surface area contributed by atoms with E-state index in [-0.39, 0.29) is 0 Å². The molecule has 0 aliphatic rings. The highest BCUT2D eigenvalue weighted by Gasteiger charge is 2.13. The molecule has 84 valence electrons. The minimum absolute atomic E-state index is 0.388. The van der Waals surface area contributed by atoms with Crippen molar-refractivity contribution >= 4 is 0 Å². The van der Waals surface area contributed by atoms with Crippen LogP contribution in [0.4, 0.5) is 0 Å². The second-order valence-electron chi connectivity index (χ2n) is 3.92. The maximum Gasteiger partial charge on any atom is 0.323 e. The molecule has 16 heavy (non-hydrogen) atoms. The van der Waals surface area contributed by atoms with Crippen LogP contribution in [0.1, 0.15) is 39.3 Å². The number of rotatable bonds is 2. The molecule has 1 aromatic carbocycles. The Morgan fingerprint density at radius 2 is 2.19 bits per heavy atom. The van der Waals surface area contributed by atoms with Crippen molar-refractivity contribution in [3.05, 3.63) is 57.3 Å². The third-order valence-corrected chi connectivity index (χ3v) is 2.89. The summed E-state index contributed by atoms with van der Waals surface area (Å²) in [5, 5.41) is 0. The summed E-state index contributed by atoms with van der Waals surface area (Å²) in [5.74, 6) is -0.827. The third-order valence-electron chi connectivity index (χ3n) is 2.89. The fourth-order valence-corrected chi connectivity index (χ4v) is 1.76. The molecule has 3 nitrogen and oxygen atoms in total. The molecule has 0 radical (unpaired) electrons. The van der Waals surface area contributed by atoms with Gasteiger partial charge in [-0.1, -0.05) is 25.1 Å². The van der Waals surface area contributed by atoms with Gasteiger partial charge in [-0.15, -0.1) is 0 Å². The molecule has 0 unspecified atom stereocenters. The zero-order valence-electron chi connectivity index (χ0n) is 12.3. The molecule has 0 aliphatic carbocycles. The molecular weight excluding hydrogens is 200 g/mol. The number of hydrogen-bond acceptors (Lipinski definition) is 1. The first kappa shape index (κ1) is 7.49. The summed E-state index contributed by atoms with van der Waals surface area (Å²) in [5.41, 5.74) is 2.68. The van der Waals surface area contributed by atoms with E-state index in [9.17, 15) is 4.79 Å². The molecule has 0 saturated carbocycles. The summed E-state index contributed by atoms with van der Waals surface area (Å²) in [4.78, 5) is 16.2. The van der Waals surface area contributed by atoms with Crippen LogP contribution in [0.3, 0.4) is 0 Å². The molecule has 0 aliphatic heterocycles. The molecule has 0 spiro atoms. The van der Waals surface area contributed by atoms with E-state index < -0.39 is 18.5 Å². The summed E-state index contributed by atoms with van der Waals surface area (Å²) in [7, 11) is 0. The highest BCUT2D eigenvalue weighted by atomic mass is 16.1. The van der Waals surface area contributed by atoms with Crippen LogP contribution in [0.5, 0.6) is 0 Å². The molecule has 0 saturated heterocycles. The summed E-state index contributed by atoms with van der Waals surface area (Å²) in [6.45, 7) is 1.62. The topological polar surface area (TPSA) is 48.6 Å². The predicted molar refractivity (Wildman–Crippen MR) is 64.8 cm³/mol. The van der Waals surface area contributed by atoms with Gasteiger partial charge in [0.05, 0.1) is 0 Å². The van der Waals surface area contributed by atoms with Crippen molar-refractivity contribution in [1.29, 1.82) is 0 Å². The number of hydrogen-bond donors (Lipinski definition) is 2. The van der Waals surface area contributed by atoms with Crippen LogP contribution >= 0.6 is 0 Å². The SMILES string of the molecule is [2H]C([2H])([2H])[C@H](c1c[nH]c(=O)[nH]1)c1cccc(C)c1C. The van der Waals surface area contributed by atoms with Crippen LogP contribution in [-0.4, -0.2) is 9.97 Å². The molecule has 1 atom stereocenters. The van der Waals surface area contributed by atoms with E-state index in [2.05, 4.69) is 9.97 Å². The predicted octanol–water partition coefficient (Wildman–Crippen LogP) is 2.47. The van der Waals surface area contributed by atoms with E-state index in [4.69, 9.17) is 4.11 Å². The number of imidazole rings is 1. The summed E-state index contributed by atoms with van der Waals surface area (Å²) < 4.78 is 23.2. The van der Waals surface area contributed by atoms with E-state index in [1.165, 1.54) is 6.20 Å². The Balaban J connectivity index is 2.62. The first-order chi connectivity index (χ1) is 8.80. The third kappa shape index (κ3) is 1.81. The van der Waals surface area contributed by atoms with Gasteiger partial charge in [0.25, 0.3) is 0 Å². The Hall–Kier alpha value is -1.77. The normalized spacial score (nSPS) is 16.2. The Bertz CT molecular complexity index is 640. The van der Waals surface area contributed by atoms with E-state index in [0.717, 1.165) is 16.7 Å². The van der Waals surface area contributed by atoms with Crippen molar-refractivity contribution in [2.45, 2.75) is 26.6 Å². The van der Waals surface area contributed by atoms with Crippen molar-refractivity contribution in [2.24, 2.45) is 0 Å². The first-order valence-electron chi connectivity index (χ1n) is 6.64. The van der Waals surface area contributed by atoms with Gasteiger partial charge in [-0.25, -0.2) is 4.79 Å². The zero-order chi connectivity index (χ0) is 14.2. The number of nitrogens with one attached hydrogen (secondary N) is 2. The van der Waals surface area contributed by atoms with Gasteiger partial charge in [-0.05, 0) is 30.5 Å². The van der Waals surface area contributed by atoms with E-state index in [0.29, 0.717) is 5.69 Å². The Morgan fingerprint density at radius 1 is 1.38 bits per heavy atom. The average molecular weight is 219 g/mol. The lowest BCUT2D eigenvalue weighted by molar-refractivity contribution is 0.866. The molecule has 0 fully saturated rings. The van der Waals surface area contributed by atoms with E-state index in [1.807, 2.05) is 26.0 Å². The van der Waals surface area contributed by atoms with Crippen molar-refractivity contribution in [3.63, 3.8) is 0 Å². The van der Waals surface area contributed by atoms with Crippen molar-refractivity contribution < 1.29 is 4.11 Å². The highest BCUT2D eigenvalue weighted by molar-refractivity contribution is 5.38. The van der Waals surface area contributed by atoms with Crippen LogP contribution < -0.4 is 5.69 Å². The zero-order valence-corrected chi connectivity index (χ0v) is 9.29. The molecular formula is C13H16N2O. The van der Waals surface area contributed by atoms with Gasteiger partial charge in [0.15, 0.2) is 0 Å². The van der Waals surface area contributed by atoms with Gasteiger partial charge in [-0.2, -0.15) is 0 Å². The monoisotopic (exact) mass is 219 g/mol. The van der Waals surface area contributed by atoms with Gasteiger partial charge in [0, 0.05) is 21.9 Å². The Morgan fingerprint density at radius 3 is 2.81 bits per heavy atom. The van der Waals surface area contributed by atoms with Gasteiger partial charge >= 0.3 is 5.69 Å². The Kier molecular flexibility index (Phi) is 1.88. The van der Waals surface area contributed by atoms with E-state index in [1.54, 1.807) is 6.07 Å². The maximum absolute atomic E-state index is 11.2. The lowest BCUT2D eigenvalue weighted by Crippen LogP contribution is -2.05. The highest BCUT2D eigenvalue weighted by Crippen LogP contribution is 2.25. The fourth-order valence-electron chi connectivity index (χ4n) is 1.76. The molecule has 1 heterocycles. The summed E-state index contributed by atoms with van der Waals surface area (Å²) in [6.07, 6.45) is 1.43. The number of H-pyrrole nitrogens is 2. The van der Waals surface area contributed by atoms with Crippen molar-refractivity contribution in [3.8, 4) is 0 Å². The van der Waals surface area contributed by atoms with Crippen LogP contribution in [0, 0.1) is 13.8 Å². The summed E-state index contributed by atoms with van der Waals surface area (Å²) >= 11 is 0. The van der Waals surface area contributed by atoms with Crippen LogP contribution in [0.25, 0.3) is 0 Å². The molecule has 2 rings (SSSR count). The van der Waals surface area contributed by atoms with Gasteiger partial charge in [-0.3, -0.25) is 0 Å². The fraction of sp³-hybridized carbons (Fsp3) is 0.308. The first-order valence-corrected chi connectivity index (χ1v) is 5.14. The van der Waals surface area contributed by atoms with Crippen LogP contribution in [0.2, 0.25) is 0 Å². The minimum Gasteiger partial charge on any atom is -0.313 e. The van der Waals surface area contributed by atoms with Crippen LogP contribution in [0.15, 0.2) is 29.2 Å². The largest absolute Gasteiger partial charge is 0.323 e. The van der Waals surface area contributed by atoms with Crippen molar-refractivity contribution in [2.75, 3.05) is 0 Å². The number of aromatic amines is 2. The quantitative estimate of drug-likeness (QED) is 0.801. The summed E-state index contributed by atoms with van der Waals surface area (Å²) in [6, 6.07) is 5.57. The average Bonchev–Trinajstić information content (AvgIpc) is 2.69. The van der Waals surface area contributed by atoms with Gasteiger partial charge < -0.3 is 9.97 Å². The van der Waals surface area contributed by atoms with Gasteiger partial charge in [0.2, 0.25) is 0 Å². The second kappa shape index (κ2) is 4.00. The number of aromatic nitrogens is 2. The molecule has 0 bridgehead atoms. The van der Waals surface area contributed by atoms with Crippen molar-refractivity contribution in [1.82, 2.24) is 9.97 Å². The second-order valence-corrected chi connectivity index (χ2v) is 3.92. The lowest BCUT2D eigenvalue weighted by atomic mass is 9.92. The molecule has 0 amide bonds. The smallest absolute Gasteiger partial charge is 0.313 e. The lowest BCUT2D eigenvalue weighted by Gasteiger charge is -2.14. The van der Waals surface area contributed by atoms with Gasteiger partial charge in [0.1, 0.15) is 0 Å². The molecule has 1 aromatic heterocycles. The van der Waals surface area contributed by atoms with Crippen LogP contribution in [-0.2, 0) is 0 Å². The maximum atomic E-state index is 11.2. The molecule has 3 heteroatoms. The molecule has 2 aromatic rings. The minimum atomic E-state index is -2.22. The number of benzene rings is 1.